The van der Waals surface area contributed by atoms with Crippen LogP contribution in [0.1, 0.15) is 74.5 Å². The molecule has 2 aromatic carbocycles. The van der Waals surface area contributed by atoms with E-state index in [1.807, 2.05) is 19.9 Å². The number of carbonyl (C=O) groups excluding carboxylic acids is 1. The van der Waals surface area contributed by atoms with E-state index >= 15 is 0 Å². The summed E-state index contributed by atoms with van der Waals surface area (Å²) in [6.45, 7) is 10.4. The molecule has 0 saturated carbocycles. The maximum absolute atomic E-state index is 13.5. The number of aromatic hydroxyl groups is 3. The number of ketones is 1. The highest BCUT2D eigenvalue weighted by Gasteiger charge is 2.36. The van der Waals surface area contributed by atoms with E-state index < -0.39 is 11.7 Å². The van der Waals surface area contributed by atoms with Gasteiger partial charge < -0.3 is 20.1 Å². The fourth-order valence-electron chi connectivity index (χ4n) is 4.43. The zero-order chi connectivity index (χ0) is 26.4. The van der Waals surface area contributed by atoms with Gasteiger partial charge in [0.15, 0.2) is 17.3 Å². The quantitative estimate of drug-likeness (QED) is 0.261. The molecule has 3 rings (SSSR count). The summed E-state index contributed by atoms with van der Waals surface area (Å²) in [7, 11) is 0. The number of benzene rings is 2. The van der Waals surface area contributed by atoms with Crippen LogP contribution in [0.4, 0.5) is 0 Å². The van der Waals surface area contributed by atoms with Gasteiger partial charge in [0.25, 0.3) is 0 Å². The van der Waals surface area contributed by atoms with E-state index in [1.165, 1.54) is 11.1 Å². The number of rotatable bonds is 9. The Balaban J connectivity index is 1.97. The Morgan fingerprint density at radius 1 is 0.889 bits per heavy atom. The lowest BCUT2D eigenvalue weighted by Gasteiger charge is -2.28. The first kappa shape index (κ1) is 27.1. The number of Topliss-reactive ketones (excluding diaryl/α,β-unsaturated/α-hetero) is 1. The molecule has 0 bridgehead atoms. The third-order valence-electron chi connectivity index (χ3n) is 6.54. The first-order valence-electron chi connectivity index (χ1n) is 12.5. The summed E-state index contributed by atoms with van der Waals surface area (Å²) in [5.41, 5.74) is 5.88. The number of ether oxygens (including phenoxy) is 1. The Hall–Kier alpha value is -3.47. The summed E-state index contributed by atoms with van der Waals surface area (Å²) >= 11 is 0. The lowest BCUT2D eigenvalue weighted by atomic mass is 9.85. The molecule has 2 aromatic rings. The molecule has 0 fully saturated rings. The number of hydrogen-bond donors (Lipinski definition) is 3. The first-order chi connectivity index (χ1) is 17.1. The predicted octanol–water partition coefficient (Wildman–Crippen LogP) is 6.98. The highest BCUT2D eigenvalue weighted by Crippen LogP contribution is 2.47. The molecule has 1 aliphatic heterocycles. The zero-order valence-electron chi connectivity index (χ0n) is 22.0. The van der Waals surface area contributed by atoms with Gasteiger partial charge in [0, 0.05) is 11.1 Å². The van der Waals surface area contributed by atoms with Crippen molar-refractivity contribution in [1.82, 2.24) is 0 Å². The van der Waals surface area contributed by atoms with Crippen molar-refractivity contribution in [2.45, 2.75) is 66.7 Å². The second kappa shape index (κ2) is 12.0. The molecule has 192 valence electrons. The van der Waals surface area contributed by atoms with Crippen LogP contribution in [-0.4, -0.2) is 27.7 Å². The van der Waals surface area contributed by atoms with Gasteiger partial charge in [-0.2, -0.15) is 0 Å². The Labute approximate surface area is 214 Å². The average molecular weight is 491 g/mol. The van der Waals surface area contributed by atoms with Crippen molar-refractivity contribution in [3.8, 4) is 23.0 Å². The van der Waals surface area contributed by atoms with Crippen molar-refractivity contribution < 1.29 is 24.9 Å². The Morgan fingerprint density at radius 3 is 2.17 bits per heavy atom. The normalized spacial score (nSPS) is 15.2. The second-order valence-corrected chi connectivity index (χ2v) is 10.2. The molecule has 0 aromatic heterocycles. The number of carbonyl (C=O) groups is 1. The molecular weight excluding hydrogens is 452 g/mol. The summed E-state index contributed by atoms with van der Waals surface area (Å²) in [5.74, 6) is -0.850. The molecule has 5 nitrogen and oxygen atoms in total. The summed E-state index contributed by atoms with van der Waals surface area (Å²) in [4.78, 5) is 13.5. The molecule has 0 saturated heterocycles. The molecule has 0 amide bonds. The van der Waals surface area contributed by atoms with Crippen LogP contribution < -0.4 is 4.74 Å². The van der Waals surface area contributed by atoms with Gasteiger partial charge in [-0.05, 0) is 84.4 Å². The Kier molecular flexibility index (Phi) is 9.03. The van der Waals surface area contributed by atoms with Crippen molar-refractivity contribution in [2.24, 2.45) is 5.92 Å². The summed E-state index contributed by atoms with van der Waals surface area (Å²) in [5, 5.41) is 31.5. The van der Waals surface area contributed by atoms with Crippen LogP contribution in [0.15, 0.2) is 59.2 Å². The van der Waals surface area contributed by atoms with E-state index in [0.717, 1.165) is 29.5 Å². The number of phenolic OH excluding ortho intramolecular Hbond substituents is 3. The summed E-state index contributed by atoms with van der Waals surface area (Å²) in [6.07, 6.45) is 9.53. The van der Waals surface area contributed by atoms with Crippen molar-refractivity contribution in [3.63, 3.8) is 0 Å². The van der Waals surface area contributed by atoms with Gasteiger partial charge in [0.05, 0.1) is 12.5 Å². The largest absolute Gasteiger partial charge is 0.508 e. The molecule has 1 atom stereocenters. The number of fused-ring (bicyclic) bond motifs is 1. The maximum Gasteiger partial charge on any atom is 0.177 e. The van der Waals surface area contributed by atoms with E-state index in [0.29, 0.717) is 30.6 Å². The number of phenols is 3. The van der Waals surface area contributed by atoms with Gasteiger partial charge in [-0.3, -0.25) is 4.79 Å². The Morgan fingerprint density at radius 2 is 1.53 bits per heavy atom. The smallest absolute Gasteiger partial charge is 0.177 e. The molecule has 0 unspecified atom stereocenters. The monoisotopic (exact) mass is 490 g/mol. The standard InChI is InChI=1S/C31H38O5/c1-19(2)7-6-8-21(5)10-16-25-26(15-9-20(3)4)31-27(30(35)29(25)34)28(33)23(18-36-31)17-22-11-13-24(32)14-12-22/h7,9-14,23,32,34-35H,6,8,15-18H2,1-5H3/t23-/m1/s1. The van der Waals surface area contributed by atoms with E-state index in [9.17, 15) is 20.1 Å². The van der Waals surface area contributed by atoms with E-state index in [-0.39, 0.29) is 29.5 Å². The molecule has 1 heterocycles. The zero-order valence-corrected chi connectivity index (χ0v) is 22.0. The van der Waals surface area contributed by atoms with Crippen LogP contribution in [0.25, 0.3) is 0 Å². The molecule has 36 heavy (non-hydrogen) atoms. The minimum atomic E-state index is -0.494. The van der Waals surface area contributed by atoms with Crippen LogP contribution in [0.3, 0.4) is 0 Å². The van der Waals surface area contributed by atoms with Crippen molar-refractivity contribution in [3.05, 3.63) is 81.5 Å². The van der Waals surface area contributed by atoms with Crippen LogP contribution in [0, 0.1) is 5.92 Å². The fraction of sp³-hybridized carbons (Fsp3) is 0.387. The SMILES string of the molecule is CC(C)=CCCC(C)=CCc1c(O)c(O)c2c(c1CC=C(C)C)OC[C@@H](Cc1ccc(O)cc1)C2=O. The molecule has 0 aliphatic carbocycles. The molecular formula is C31H38O5. The van der Waals surface area contributed by atoms with Crippen molar-refractivity contribution >= 4 is 5.78 Å². The van der Waals surface area contributed by atoms with Crippen LogP contribution in [-0.2, 0) is 19.3 Å². The minimum absolute atomic E-state index is 0.0627. The molecule has 1 aliphatic rings. The second-order valence-electron chi connectivity index (χ2n) is 10.2. The number of hydrogen-bond acceptors (Lipinski definition) is 5. The van der Waals surface area contributed by atoms with Crippen molar-refractivity contribution in [2.75, 3.05) is 6.61 Å². The first-order valence-corrected chi connectivity index (χ1v) is 12.5. The van der Waals surface area contributed by atoms with Gasteiger partial charge in [0.1, 0.15) is 17.1 Å². The van der Waals surface area contributed by atoms with E-state index in [2.05, 4.69) is 32.9 Å². The van der Waals surface area contributed by atoms with Crippen molar-refractivity contribution in [1.29, 1.82) is 0 Å². The lowest BCUT2D eigenvalue weighted by molar-refractivity contribution is 0.0823. The van der Waals surface area contributed by atoms with Crippen LogP contribution >= 0.6 is 0 Å². The minimum Gasteiger partial charge on any atom is -0.508 e. The topological polar surface area (TPSA) is 87.0 Å². The van der Waals surface area contributed by atoms with E-state index in [1.54, 1.807) is 24.3 Å². The van der Waals surface area contributed by atoms with Gasteiger partial charge in [-0.25, -0.2) is 0 Å². The van der Waals surface area contributed by atoms with Gasteiger partial charge >= 0.3 is 0 Å². The Bertz CT molecular complexity index is 1190. The maximum atomic E-state index is 13.5. The van der Waals surface area contributed by atoms with Crippen LogP contribution in [0.5, 0.6) is 23.0 Å². The number of allylic oxidation sites excluding steroid dienone is 6. The highest BCUT2D eigenvalue weighted by molar-refractivity contribution is 6.05. The molecule has 0 radical (unpaired) electrons. The fourth-order valence-corrected chi connectivity index (χ4v) is 4.43. The lowest BCUT2D eigenvalue weighted by Crippen LogP contribution is -2.30. The van der Waals surface area contributed by atoms with Gasteiger partial charge in [0.2, 0.25) is 0 Å². The van der Waals surface area contributed by atoms with Gasteiger partial charge in [-0.1, -0.05) is 47.1 Å². The third kappa shape index (κ3) is 6.60. The van der Waals surface area contributed by atoms with Crippen LogP contribution in [0.2, 0.25) is 0 Å². The average Bonchev–Trinajstić information content (AvgIpc) is 2.82. The third-order valence-corrected chi connectivity index (χ3v) is 6.54. The van der Waals surface area contributed by atoms with Gasteiger partial charge in [-0.15, -0.1) is 0 Å². The highest BCUT2D eigenvalue weighted by atomic mass is 16.5. The summed E-state index contributed by atoms with van der Waals surface area (Å²) in [6, 6.07) is 6.70. The molecule has 0 spiro atoms. The summed E-state index contributed by atoms with van der Waals surface area (Å²) < 4.78 is 6.14. The predicted molar refractivity (Wildman–Crippen MR) is 144 cm³/mol. The van der Waals surface area contributed by atoms with E-state index in [4.69, 9.17) is 4.74 Å². The molecule has 3 N–H and O–H groups in total. The molecule has 5 heteroatoms.